The lowest BCUT2D eigenvalue weighted by Gasteiger charge is -2.50. The summed E-state index contributed by atoms with van der Waals surface area (Å²) in [5.74, 6) is -10.3. The molecule has 1 saturated carbocycles. The van der Waals surface area contributed by atoms with Crippen LogP contribution in [0, 0.1) is 23.7 Å². The van der Waals surface area contributed by atoms with Crippen LogP contribution in [0.25, 0.3) is 0 Å². The molecule has 4 amide bonds. The van der Waals surface area contributed by atoms with Gasteiger partial charge >= 0.3 is 12.1 Å². The van der Waals surface area contributed by atoms with Crippen molar-refractivity contribution in [3.05, 3.63) is 123 Å². The third-order valence-corrected chi connectivity index (χ3v) is 12.0. The van der Waals surface area contributed by atoms with Crippen LogP contribution in [0.2, 0.25) is 10.0 Å². The molecule has 0 unspecified atom stereocenters. The predicted octanol–water partition coefficient (Wildman–Crippen LogP) is 7.01. The molecule has 4 aliphatic rings. The summed E-state index contributed by atoms with van der Waals surface area (Å²) in [6.07, 6.45) is -2.69. The Labute approximate surface area is 331 Å². The van der Waals surface area contributed by atoms with Crippen molar-refractivity contribution >= 4 is 64.3 Å². The number of hydrogen-bond donors (Lipinski definition) is 3. The number of alkyl halides is 3. The predicted molar refractivity (Wildman–Crippen MR) is 197 cm³/mol. The number of anilines is 2. The number of pyridine rings is 1. The van der Waals surface area contributed by atoms with Crippen molar-refractivity contribution in [1.29, 1.82) is 0 Å². The van der Waals surface area contributed by atoms with Gasteiger partial charge in [0.05, 0.1) is 52.1 Å². The van der Waals surface area contributed by atoms with Crippen LogP contribution in [-0.2, 0) is 30.8 Å². The smallest absolute Gasteiger partial charge is 0.417 e. The molecule has 2 aliphatic heterocycles. The number of aromatic nitrogens is 1. The van der Waals surface area contributed by atoms with Crippen molar-refractivity contribution < 1.29 is 52.1 Å². The van der Waals surface area contributed by atoms with Gasteiger partial charge in [-0.3, -0.25) is 29.5 Å². The van der Waals surface area contributed by atoms with Crippen LogP contribution in [-0.4, -0.2) is 56.9 Å². The first kappa shape index (κ1) is 38.0. The topological polar surface area (TPSA) is 166 Å². The van der Waals surface area contributed by atoms with Crippen LogP contribution in [0.1, 0.15) is 45.8 Å². The average molecular weight is 822 g/mol. The zero-order valence-electron chi connectivity index (χ0n) is 29.5. The van der Waals surface area contributed by atoms with E-state index in [4.69, 9.17) is 27.9 Å². The molecule has 1 aromatic heterocycles. The van der Waals surface area contributed by atoms with Gasteiger partial charge in [-0.2, -0.15) is 18.2 Å². The number of hydrazine groups is 1. The Morgan fingerprint density at radius 1 is 0.965 bits per heavy atom. The number of phenols is 1. The number of rotatable bonds is 7. The van der Waals surface area contributed by atoms with Crippen molar-refractivity contribution in [3.63, 3.8) is 0 Å². The number of imide groups is 2. The summed E-state index contributed by atoms with van der Waals surface area (Å²) < 4.78 is 45.9. The molecule has 17 heteroatoms. The number of halogens is 5. The Hall–Kier alpha value is -5.93. The molecule has 2 aliphatic carbocycles. The average Bonchev–Trinajstić information content (AvgIpc) is 3.56. The fourth-order valence-electron chi connectivity index (χ4n) is 9.10. The fourth-order valence-corrected chi connectivity index (χ4v) is 9.43. The molecular weight excluding hydrogens is 792 g/mol. The number of carboxylic acid groups (broad SMARTS) is 1. The standard InChI is InChI=1S/C40H29Cl2F3N4O8/c1-57-29-7-3-6-25(32(29)50)31-23-12-13-24-30(36(53)48(34(24)51)22-5-2-4-18(14-22)37(54)55)26(23)16-27-35(52)49(38(56)39(27,31)19-8-10-21(41)11-9-19)47-33-28(42)15-20(17-46-33)40(43,44)45/h2-12,14-15,17,24,26-27,30-31,50H,13,16H2,1H3,(H,46,47)(H,54,55)/t24-,26+,27-,30-,31+,39+/m0/s1. The molecule has 3 heterocycles. The van der Waals surface area contributed by atoms with Crippen LogP contribution >= 0.6 is 23.2 Å². The number of carbonyl (C=O) groups excluding carboxylic acids is 4. The Morgan fingerprint density at radius 2 is 1.68 bits per heavy atom. The highest BCUT2D eigenvalue weighted by Crippen LogP contribution is 2.65. The first-order valence-corrected chi connectivity index (χ1v) is 18.3. The summed E-state index contributed by atoms with van der Waals surface area (Å²) in [6.45, 7) is 0. The number of aromatic hydroxyl groups is 1. The monoisotopic (exact) mass is 820 g/mol. The van der Waals surface area contributed by atoms with E-state index in [2.05, 4.69) is 10.4 Å². The number of para-hydroxylation sites is 1. The van der Waals surface area contributed by atoms with E-state index in [1.165, 1.54) is 49.6 Å². The van der Waals surface area contributed by atoms with Crippen LogP contribution in [0.3, 0.4) is 0 Å². The van der Waals surface area contributed by atoms with Gasteiger partial charge in [0.15, 0.2) is 17.3 Å². The number of carboxylic acids is 1. The second kappa shape index (κ2) is 13.6. The second-order valence-electron chi connectivity index (χ2n) is 14.2. The van der Waals surface area contributed by atoms with E-state index in [-0.39, 0.29) is 41.2 Å². The number of fused-ring (bicyclic) bond motifs is 4. The molecular formula is C40H29Cl2F3N4O8. The molecule has 4 aromatic rings. The number of carbonyl (C=O) groups is 5. The summed E-state index contributed by atoms with van der Waals surface area (Å²) in [6, 6.07) is 16.8. The highest BCUT2D eigenvalue weighted by atomic mass is 35.5. The molecule has 3 fully saturated rings. The molecule has 0 radical (unpaired) electrons. The second-order valence-corrected chi connectivity index (χ2v) is 15.0. The van der Waals surface area contributed by atoms with Gasteiger partial charge < -0.3 is 14.9 Å². The lowest BCUT2D eigenvalue weighted by Crippen LogP contribution is -2.53. The van der Waals surface area contributed by atoms with E-state index in [1.54, 1.807) is 30.3 Å². The van der Waals surface area contributed by atoms with Crippen molar-refractivity contribution in [3.8, 4) is 11.5 Å². The molecule has 3 aromatic carbocycles. The number of allylic oxidation sites excluding steroid dienone is 2. The van der Waals surface area contributed by atoms with Crippen LogP contribution in [0.15, 0.2) is 90.6 Å². The minimum Gasteiger partial charge on any atom is -0.504 e. The Morgan fingerprint density at radius 3 is 2.35 bits per heavy atom. The molecule has 12 nitrogen and oxygen atoms in total. The van der Waals surface area contributed by atoms with Gasteiger partial charge in [0.2, 0.25) is 11.8 Å². The van der Waals surface area contributed by atoms with Gasteiger partial charge in [-0.25, -0.2) is 9.78 Å². The van der Waals surface area contributed by atoms with E-state index in [0.29, 0.717) is 33.4 Å². The Kier molecular flexibility index (Phi) is 9.08. The maximum atomic E-state index is 15.3. The molecule has 292 valence electrons. The SMILES string of the molecule is COc1cccc([C@H]2C3=CC[C@@H]4C(=O)N(c5cccc(C(=O)O)c5)C(=O)[C@@H]4[C@@H]3C[C@H]3C(=O)N(Nc4ncc(C(F)(F)F)cc4Cl)C(=O)[C@@]23c2ccc(Cl)cc2)c1O. The van der Waals surface area contributed by atoms with E-state index in [9.17, 15) is 42.6 Å². The van der Waals surface area contributed by atoms with Crippen molar-refractivity contribution in [2.45, 2.75) is 30.4 Å². The number of aromatic carboxylic acids is 1. The first-order valence-electron chi connectivity index (χ1n) is 17.5. The quantitative estimate of drug-likeness (QED) is 0.130. The number of methoxy groups -OCH3 is 1. The zero-order valence-corrected chi connectivity index (χ0v) is 31.0. The number of nitrogens with one attached hydrogen (secondary N) is 1. The third kappa shape index (κ3) is 5.73. The van der Waals surface area contributed by atoms with Gasteiger partial charge in [-0.1, -0.05) is 65.2 Å². The highest BCUT2D eigenvalue weighted by molar-refractivity contribution is 6.33. The highest BCUT2D eigenvalue weighted by Gasteiger charge is 2.71. The number of phenolic OH excluding ortho intramolecular Hbond substituents is 1. The Balaban J connectivity index is 1.32. The van der Waals surface area contributed by atoms with E-state index in [1.807, 2.05) is 0 Å². The van der Waals surface area contributed by atoms with Crippen LogP contribution in [0.5, 0.6) is 11.5 Å². The first-order chi connectivity index (χ1) is 27.1. The summed E-state index contributed by atoms with van der Waals surface area (Å²) in [5.41, 5.74) is 0.324. The van der Waals surface area contributed by atoms with Crippen molar-refractivity contribution in [2.75, 3.05) is 17.4 Å². The summed E-state index contributed by atoms with van der Waals surface area (Å²) in [7, 11) is 1.33. The third-order valence-electron chi connectivity index (χ3n) is 11.5. The van der Waals surface area contributed by atoms with Gasteiger partial charge in [0.1, 0.15) is 0 Å². The lowest BCUT2D eigenvalue weighted by atomic mass is 9.49. The number of nitrogens with zero attached hydrogens (tertiary/aromatic N) is 3. The van der Waals surface area contributed by atoms with Crippen LogP contribution < -0.4 is 15.1 Å². The van der Waals surface area contributed by atoms with Gasteiger partial charge in [-0.15, -0.1) is 0 Å². The normalized spacial score (nSPS) is 25.5. The van der Waals surface area contributed by atoms with Gasteiger partial charge in [0, 0.05) is 22.7 Å². The molecule has 6 atom stereocenters. The summed E-state index contributed by atoms with van der Waals surface area (Å²) in [4.78, 5) is 75.3. The summed E-state index contributed by atoms with van der Waals surface area (Å²) in [5, 5.41) is 21.8. The van der Waals surface area contributed by atoms with Crippen molar-refractivity contribution in [1.82, 2.24) is 9.99 Å². The lowest BCUT2D eigenvalue weighted by molar-refractivity contribution is -0.139. The fraction of sp³-hybridized carbons (Fsp3) is 0.250. The molecule has 2 saturated heterocycles. The zero-order chi connectivity index (χ0) is 40.7. The molecule has 0 bridgehead atoms. The summed E-state index contributed by atoms with van der Waals surface area (Å²) >= 11 is 12.6. The Bertz CT molecular complexity index is 2440. The number of ether oxygens (including phenoxy) is 1. The molecule has 0 spiro atoms. The van der Waals surface area contributed by atoms with Crippen molar-refractivity contribution in [2.24, 2.45) is 23.7 Å². The minimum absolute atomic E-state index is 0.0218. The molecule has 3 N–H and O–H groups in total. The van der Waals surface area contributed by atoms with Crippen LogP contribution in [0.4, 0.5) is 24.7 Å². The van der Waals surface area contributed by atoms with E-state index in [0.717, 1.165) is 4.90 Å². The largest absolute Gasteiger partial charge is 0.504 e. The maximum absolute atomic E-state index is 15.3. The van der Waals surface area contributed by atoms with Gasteiger partial charge in [-0.05, 0) is 66.8 Å². The van der Waals surface area contributed by atoms with Gasteiger partial charge in [0.25, 0.3) is 11.8 Å². The number of hydrogen-bond acceptors (Lipinski definition) is 9. The number of benzene rings is 3. The molecule has 57 heavy (non-hydrogen) atoms. The maximum Gasteiger partial charge on any atom is 0.417 e. The minimum atomic E-state index is -4.79. The van der Waals surface area contributed by atoms with E-state index >= 15 is 4.79 Å². The molecule has 8 rings (SSSR count). The number of amides is 4. The van der Waals surface area contributed by atoms with E-state index < -0.39 is 87.2 Å².